The third-order valence-corrected chi connectivity index (χ3v) is 29.1. The normalized spacial score (nSPS) is 12.2. The fraction of sp³-hybridized carbons (Fsp3) is 0.0229. The van der Waals surface area contributed by atoms with Crippen LogP contribution in [0.5, 0.6) is 0 Å². The van der Waals surface area contributed by atoms with E-state index in [-0.39, 0.29) is 22.1 Å². The molecule has 14 nitrogen and oxygen atoms in total. The van der Waals surface area contributed by atoms with Crippen molar-refractivity contribution >= 4 is 144 Å². The Bertz CT molecular complexity index is 10300. The molecule has 0 atom stereocenters. The topological polar surface area (TPSA) is 126 Å². The zero-order valence-corrected chi connectivity index (χ0v) is 78.9. The molecule has 0 saturated carbocycles. The van der Waals surface area contributed by atoms with Gasteiger partial charge in [0.05, 0.1) is 88.3 Å². The van der Waals surface area contributed by atoms with Gasteiger partial charge in [0, 0.05) is 44.6 Å². The van der Waals surface area contributed by atoms with Gasteiger partial charge < -0.3 is 9.47 Å². The molecule has 0 N–H and O–H groups in total. The lowest BCUT2D eigenvalue weighted by atomic mass is 9.82. The Morgan fingerprint density at radius 2 is 0.579 bits per heavy atom. The van der Waals surface area contributed by atoms with Gasteiger partial charge in [0.1, 0.15) is 0 Å². The molecule has 7 aromatic heterocycles. The predicted octanol–water partition coefficient (Wildman–Crippen LogP) is 30.9. The van der Waals surface area contributed by atoms with Crippen molar-refractivity contribution in [2.24, 2.45) is 0 Å². The molecule has 0 radical (unpaired) electrons. The van der Waals surface area contributed by atoms with Crippen LogP contribution >= 0.6 is 0 Å². The van der Waals surface area contributed by atoms with Gasteiger partial charge >= 0.3 is 0 Å². The Morgan fingerprint density at radius 3 is 1.15 bits per heavy atom. The highest BCUT2D eigenvalue weighted by Gasteiger charge is 2.36. The highest BCUT2D eigenvalue weighted by Crippen LogP contribution is 2.52. The van der Waals surface area contributed by atoms with E-state index in [9.17, 15) is 14.4 Å². The summed E-state index contributed by atoms with van der Waals surface area (Å²) in [6, 6.07) is 170. The lowest BCUT2D eigenvalue weighted by Crippen LogP contribution is -2.21. The van der Waals surface area contributed by atoms with Crippen LogP contribution in [-0.4, -0.2) is 46.4 Å². The van der Waals surface area contributed by atoms with Gasteiger partial charge in [-0.3, -0.25) is 32.2 Å². The zero-order chi connectivity index (χ0) is 96.7. The van der Waals surface area contributed by atoms with Crippen LogP contribution < -0.4 is 21.6 Å². The summed E-state index contributed by atoms with van der Waals surface area (Å²) in [7, 11) is 0. The number of aromatic nitrogens is 10. The molecule has 0 saturated heterocycles. The van der Waals surface area contributed by atoms with Gasteiger partial charge in [-0.25, -0.2) is 24.1 Å². The lowest BCUT2D eigenvalue weighted by molar-refractivity contribution is 0.660. The molecule has 0 unspecified atom stereocenters. The molecule has 14 heteroatoms. The number of benzene rings is 21. The SMILES string of the molecule is CC1(C)c2ccccc2-c2cc(N(c3ccc(-c4ccc5c(c4)nc4c(=O)n(-c6ccccc6)c6ccccc6n45)cc3)c3cccc(-c4ccccc4)c3)ccc21.O=c1c2cc(-c3c4ccccc4c(-c4ccccc4)c4ccccc34)ccc2n2c3ccccc3nc2n1-c1ccccc1.O=c1c2cc(-c3ccc4c(c3)c3ccccc3n4-c3ccccc3)ccc2n2c3ccccc3nc2n1-c1ccccc1. The number of para-hydroxylation sites is 11. The minimum absolute atomic E-state index is 0.0719. The summed E-state index contributed by atoms with van der Waals surface area (Å²) in [5.74, 6) is 1.21. The van der Waals surface area contributed by atoms with Crippen molar-refractivity contribution in [3.05, 3.63) is 534 Å². The van der Waals surface area contributed by atoms with Crippen molar-refractivity contribution in [1.82, 2.24) is 46.4 Å². The molecule has 0 amide bonds. The first-order valence-corrected chi connectivity index (χ1v) is 48.9. The standard InChI is InChI=1S/C53H38N4O.C40H25N3O.C38H24N4O/c1-53(2)45-21-10-9-20-43(45)44-34-42(29-30-46(44)53)55(41-19-13-16-37(32-41)35-14-5-3-6-15-35)40-27-24-36(25-28-40)38-26-31-48-47(33-38)54-51-52(58)56(39-17-7-4-8-18-39)49-22-11-12-23-50(49)57(48)51;44-39-33-25-27(23-24-35(33)43-36-22-12-11-21-34(36)41-40(43)42(39)28-15-5-2-6-16-28)38-31-19-9-7-17-29(31)37(26-13-3-1-4-14-26)30-18-8-10-20-32(30)38;43-37-31-24-26(25-19-21-34-30(23-25)29-15-7-9-17-33(29)40(34)27-11-3-1-4-12-27)20-22-35(31)42-36-18-10-8-16-32(36)39-38(42)41(37)28-13-5-2-6-14-28/h3-34H,1-2H3;1-25H;1-24H. The van der Waals surface area contributed by atoms with Gasteiger partial charge in [-0.05, 0) is 275 Å². The van der Waals surface area contributed by atoms with Crippen molar-refractivity contribution in [2.45, 2.75) is 19.3 Å². The summed E-state index contributed by atoms with van der Waals surface area (Å²) in [4.78, 5) is 60.0. The minimum atomic E-state index is -0.151. The number of imidazole rings is 3. The predicted molar refractivity (Wildman–Crippen MR) is 596 cm³/mol. The van der Waals surface area contributed by atoms with E-state index in [4.69, 9.17) is 15.0 Å². The lowest BCUT2D eigenvalue weighted by Gasteiger charge is -2.27. The molecular formula is C131H87N11O3. The number of fused-ring (bicyclic) bond motifs is 23. The zero-order valence-electron chi connectivity index (χ0n) is 78.9. The van der Waals surface area contributed by atoms with E-state index >= 15 is 0 Å². The molecule has 145 heavy (non-hydrogen) atoms. The highest BCUT2D eigenvalue weighted by molar-refractivity contribution is 6.22. The van der Waals surface area contributed by atoms with Crippen LogP contribution in [0.2, 0.25) is 0 Å². The van der Waals surface area contributed by atoms with Crippen molar-refractivity contribution in [1.29, 1.82) is 0 Å². The van der Waals surface area contributed by atoms with Gasteiger partial charge in [-0.15, -0.1) is 0 Å². The van der Waals surface area contributed by atoms with Gasteiger partial charge in [-0.2, -0.15) is 0 Å². The van der Waals surface area contributed by atoms with Gasteiger partial charge in [0.2, 0.25) is 17.2 Å². The second kappa shape index (κ2) is 34.3. The second-order valence-electron chi connectivity index (χ2n) is 37.7. The average Bonchev–Trinajstić information content (AvgIpc) is 1.70. The van der Waals surface area contributed by atoms with Crippen LogP contribution in [0.1, 0.15) is 25.0 Å². The third-order valence-electron chi connectivity index (χ3n) is 29.1. The van der Waals surface area contributed by atoms with E-state index in [1.165, 1.54) is 66.0 Å². The maximum Gasteiger partial charge on any atom is 0.299 e. The van der Waals surface area contributed by atoms with Crippen molar-refractivity contribution in [3.63, 3.8) is 0 Å². The van der Waals surface area contributed by atoms with Crippen LogP contribution in [-0.2, 0) is 5.41 Å². The molecule has 0 aliphatic heterocycles. The molecule has 7 heterocycles. The molecular weight excluding hydrogens is 1780 g/mol. The quantitative estimate of drug-likeness (QED) is 0.112. The fourth-order valence-electron chi connectivity index (χ4n) is 22.4. The second-order valence-corrected chi connectivity index (χ2v) is 37.7. The van der Waals surface area contributed by atoms with Crippen molar-refractivity contribution < 1.29 is 0 Å². The Morgan fingerprint density at radius 1 is 0.207 bits per heavy atom. The molecule has 29 rings (SSSR count). The third kappa shape index (κ3) is 13.9. The van der Waals surface area contributed by atoms with Crippen LogP contribution in [0.3, 0.4) is 0 Å². The first-order chi connectivity index (χ1) is 71.5. The summed E-state index contributed by atoms with van der Waals surface area (Å²) < 4.78 is 13.7. The largest absolute Gasteiger partial charge is 0.310 e. The smallest absolute Gasteiger partial charge is 0.299 e. The maximum atomic E-state index is 14.5. The number of rotatable bonds is 12. The molecule has 1 aliphatic rings. The molecule has 28 aromatic rings. The average molecular weight is 1860 g/mol. The van der Waals surface area contributed by atoms with Crippen LogP contribution in [0.25, 0.3) is 216 Å². The fourth-order valence-corrected chi connectivity index (χ4v) is 22.4. The maximum absolute atomic E-state index is 14.5. The van der Waals surface area contributed by atoms with Crippen LogP contribution in [0, 0.1) is 0 Å². The first kappa shape index (κ1) is 84.8. The van der Waals surface area contributed by atoms with E-state index in [0.717, 1.165) is 150 Å². The molecule has 0 bridgehead atoms. The Balaban J connectivity index is 0.000000110. The van der Waals surface area contributed by atoms with E-state index < -0.39 is 0 Å². The van der Waals surface area contributed by atoms with E-state index in [1.54, 1.807) is 13.7 Å². The van der Waals surface area contributed by atoms with Crippen LogP contribution in [0.4, 0.5) is 17.1 Å². The monoisotopic (exact) mass is 1860 g/mol. The molecule has 1 aliphatic carbocycles. The van der Waals surface area contributed by atoms with Crippen molar-refractivity contribution in [2.75, 3.05) is 4.90 Å². The molecule has 0 spiro atoms. The van der Waals surface area contributed by atoms with Gasteiger partial charge in [0.15, 0.2) is 0 Å². The molecule has 684 valence electrons. The van der Waals surface area contributed by atoms with E-state index in [0.29, 0.717) is 28.0 Å². The Hall–Kier alpha value is -19.4. The molecule has 21 aromatic carbocycles. The Kier molecular flexibility index (Phi) is 20.0. The van der Waals surface area contributed by atoms with E-state index in [2.05, 4.69) is 366 Å². The number of hydrogen-bond donors (Lipinski definition) is 0. The van der Waals surface area contributed by atoms with E-state index in [1.807, 2.05) is 162 Å². The van der Waals surface area contributed by atoms with Crippen LogP contribution in [0.15, 0.2) is 506 Å². The summed E-state index contributed by atoms with van der Waals surface area (Å²) in [5.41, 5.74) is 34.1. The summed E-state index contributed by atoms with van der Waals surface area (Å²) in [6.07, 6.45) is 0. The Labute approximate surface area is 831 Å². The first-order valence-electron chi connectivity index (χ1n) is 48.9. The van der Waals surface area contributed by atoms with Crippen molar-refractivity contribution in [3.8, 4) is 89.5 Å². The summed E-state index contributed by atoms with van der Waals surface area (Å²) >= 11 is 0. The summed E-state index contributed by atoms with van der Waals surface area (Å²) in [6.45, 7) is 4.65. The number of anilines is 3. The van der Waals surface area contributed by atoms with Gasteiger partial charge in [-0.1, -0.05) is 329 Å². The van der Waals surface area contributed by atoms with Gasteiger partial charge in [0.25, 0.3) is 16.7 Å². The number of hydrogen-bond acceptors (Lipinski definition) is 7. The minimum Gasteiger partial charge on any atom is -0.310 e. The highest BCUT2D eigenvalue weighted by atomic mass is 16.1. The number of nitrogens with zero attached hydrogens (tertiary/aromatic N) is 11. The molecule has 0 fully saturated rings. The summed E-state index contributed by atoms with van der Waals surface area (Å²) in [5, 5.41) is 8.34.